The molecule has 5 aliphatic heterocycles. The molecule has 8 nitrogen and oxygen atoms in total. The molecule has 8 atom stereocenters. The molecule has 1 saturated carbocycles. The fraction of sp³-hybridized carbons (Fsp3) is 0.767. The maximum Gasteiger partial charge on any atom is 0.416 e. The molecule has 2 bridgehead atoms. The number of fused-ring (bicyclic) bond motifs is 2. The molecule has 5 saturated heterocycles. The van der Waals surface area contributed by atoms with Crippen molar-refractivity contribution >= 4 is 11.6 Å². The van der Waals surface area contributed by atoms with E-state index in [9.17, 15) is 13.2 Å². The van der Waals surface area contributed by atoms with E-state index >= 15 is 0 Å². The molecular weight excluding hydrogens is 539 g/mol. The average molecular weight is 582 g/mol. The fourth-order valence-corrected chi connectivity index (χ4v) is 7.61. The molecule has 228 valence electrons. The number of ether oxygens (including phenoxy) is 3. The summed E-state index contributed by atoms with van der Waals surface area (Å²) >= 11 is 0. The number of nitrogens with zero attached hydrogens (tertiary/aromatic N) is 2. The summed E-state index contributed by atoms with van der Waals surface area (Å²) in [7, 11) is 0. The van der Waals surface area contributed by atoms with E-state index in [1.165, 1.54) is 6.07 Å². The molecule has 0 radical (unpaired) electrons. The lowest BCUT2D eigenvalue weighted by Crippen LogP contribution is -2.70. The minimum atomic E-state index is -4.41. The summed E-state index contributed by atoms with van der Waals surface area (Å²) in [5.74, 6) is 0.732. The molecular formula is C30H42F3N3O5. The van der Waals surface area contributed by atoms with Gasteiger partial charge >= 0.3 is 6.18 Å². The number of guanidine groups is 1. The van der Waals surface area contributed by atoms with Gasteiger partial charge in [0.15, 0.2) is 24.1 Å². The minimum absolute atomic E-state index is 0.0599. The number of likely N-dealkylation sites (tertiary alicyclic amines) is 1. The zero-order valence-corrected chi connectivity index (χ0v) is 24.1. The Morgan fingerprint density at radius 3 is 2.68 bits per heavy atom. The molecule has 1 aromatic carbocycles. The lowest BCUT2D eigenvalue weighted by Gasteiger charge is -2.60. The first kappa shape index (κ1) is 29.2. The predicted octanol–water partition coefficient (Wildman–Crippen LogP) is 6.18. The highest BCUT2D eigenvalue weighted by molar-refractivity contribution is 5.93. The maximum absolute atomic E-state index is 13.3. The van der Waals surface area contributed by atoms with Crippen LogP contribution in [0.2, 0.25) is 0 Å². The third kappa shape index (κ3) is 5.60. The van der Waals surface area contributed by atoms with Gasteiger partial charge in [0.1, 0.15) is 0 Å². The van der Waals surface area contributed by atoms with Gasteiger partial charge in [-0.3, -0.25) is 4.99 Å². The first-order valence-electron chi connectivity index (χ1n) is 15.1. The summed E-state index contributed by atoms with van der Waals surface area (Å²) in [5.41, 5.74) is -0.972. The lowest BCUT2D eigenvalue weighted by molar-refractivity contribution is -0.577. The van der Waals surface area contributed by atoms with Gasteiger partial charge < -0.3 is 24.4 Å². The Hall–Kier alpha value is -1.92. The number of nitrogens with one attached hydrogen (secondary N) is 1. The van der Waals surface area contributed by atoms with Crippen LogP contribution >= 0.6 is 0 Å². The van der Waals surface area contributed by atoms with Crippen molar-refractivity contribution in [3.63, 3.8) is 0 Å². The molecule has 6 aliphatic rings. The molecule has 0 amide bonds. The van der Waals surface area contributed by atoms with E-state index in [-0.39, 0.29) is 17.8 Å². The van der Waals surface area contributed by atoms with E-state index in [0.717, 1.165) is 70.2 Å². The van der Waals surface area contributed by atoms with Crippen LogP contribution in [0.15, 0.2) is 29.3 Å². The second-order valence-corrected chi connectivity index (χ2v) is 12.6. The van der Waals surface area contributed by atoms with E-state index < -0.39 is 35.7 Å². The van der Waals surface area contributed by atoms with Gasteiger partial charge in [-0.15, -0.1) is 0 Å². The van der Waals surface area contributed by atoms with Gasteiger partial charge in [-0.1, -0.05) is 19.9 Å². The Labute approximate surface area is 239 Å². The molecule has 1 aliphatic carbocycles. The van der Waals surface area contributed by atoms with Gasteiger partial charge in [0, 0.05) is 37.0 Å². The molecule has 1 spiro atoms. The first-order valence-corrected chi connectivity index (χ1v) is 15.1. The van der Waals surface area contributed by atoms with E-state index in [1.54, 1.807) is 6.07 Å². The van der Waals surface area contributed by atoms with Crippen LogP contribution in [0.3, 0.4) is 0 Å². The molecule has 5 heterocycles. The van der Waals surface area contributed by atoms with Gasteiger partial charge in [-0.25, -0.2) is 9.78 Å². The molecule has 41 heavy (non-hydrogen) atoms. The molecule has 1 N–H and O–H groups in total. The minimum Gasteiger partial charge on any atom is -0.350 e. The van der Waals surface area contributed by atoms with Crippen LogP contribution < -0.4 is 5.32 Å². The predicted molar refractivity (Wildman–Crippen MR) is 146 cm³/mol. The highest BCUT2D eigenvalue weighted by Gasteiger charge is 2.69. The van der Waals surface area contributed by atoms with Gasteiger partial charge in [0.2, 0.25) is 5.79 Å². The largest absolute Gasteiger partial charge is 0.416 e. The maximum atomic E-state index is 13.3. The number of alkyl halides is 3. The fourth-order valence-electron chi connectivity index (χ4n) is 7.61. The number of aliphatic imine (C=N–C) groups is 1. The van der Waals surface area contributed by atoms with Crippen LogP contribution in [0.5, 0.6) is 0 Å². The molecule has 1 aromatic rings. The zero-order valence-electron chi connectivity index (χ0n) is 24.1. The summed E-state index contributed by atoms with van der Waals surface area (Å²) in [6.45, 7) is 8.58. The molecule has 1 unspecified atom stereocenters. The summed E-state index contributed by atoms with van der Waals surface area (Å²) in [4.78, 5) is 18.9. The van der Waals surface area contributed by atoms with Crippen molar-refractivity contribution in [1.29, 1.82) is 0 Å². The Bertz CT molecular complexity index is 1120. The average Bonchev–Trinajstić information content (AvgIpc) is 3.19. The SMILES string of the molecule is C[C@H]1[C@@H](OCCN=C(Nc2cccc(C(F)(F)F)c2)N2CCCCC2)O[C@@H]2O[C@]3(C)CC[C@H]4[C@H](C)CC[C@@H]1C24OO3. The highest BCUT2D eigenvalue weighted by atomic mass is 19.4. The number of halogens is 3. The van der Waals surface area contributed by atoms with Gasteiger partial charge in [0.25, 0.3) is 0 Å². The van der Waals surface area contributed by atoms with E-state index in [4.69, 9.17) is 29.0 Å². The second-order valence-electron chi connectivity index (χ2n) is 12.6. The lowest BCUT2D eigenvalue weighted by atomic mass is 9.58. The first-order chi connectivity index (χ1) is 19.6. The summed E-state index contributed by atoms with van der Waals surface area (Å²) in [6.07, 6.45) is 1.53. The van der Waals surface area contributed by atoms with Crippen LogP contribution in [-0.2, 0) is 30.2 Å². The number of anilines is 1. The Balaban J connectivity index is 1.14. The van der Waals surface area contributed by atoms with Crippen molar-refractivity contribution in [2.75, 3.05) is 31.6 Å². The summed E-state index contributed by atoms with van der Waals surface area (Å²) < 4.78 is 59.1. The van der Waals surface area contributed by atoms with Crippen LogP contribution in [0, 0.1) is 23.7 Å². The second kappa shape index (κ2) is 11.3. The van der Waals surface area contributed by atoms with Crippen LogP contribution in [0.25, 0.3) is 0 Å². The monoisotopic (exact) mass is 581 g/mol. The van der Waals surface area contributed by atoms with Crippen LogP contribution in [-0.4, -0.2) is 61.1 Å². The molecule has 7 rings (SSSR count). The van der Waals surface area contributed by atoms with Gasteiger partial charge in [0.05, 0.1) is 18.7 Å². The number of benzene rings is 1. The van der Waals surface area contributed by atoms with Crippen LogP contribution in [0.1, 0.15) is 71.3 Å². The topological polar surface area (TPSA) is 73.8 Å². The quantitative estimate of drug-likeness (QED) is 0.193. The van der Waals surface area contributed by atoms with Crippen molar-refractivity contribution in [2.45, 2.75) is 95.9 Å². The smallest absolute Gasteiger partial charge is 0.350 e. The number of hydrogen-bond donors (Lipinski definition) is 1. The highest BCUT2D eigenvalue weighted by Crippen LogP contribution is 2.60. The van der Waals surface area contributed by atoms with Crippen molar-refractivity contribution < 1.29 is 37.2 Å². The third-order valence-corrected chi connectivity index (χ3v) is 9.83. The summed E-state index contributed by atoms with van der Waals surface area (Å²) in [6, 6.07) is 5.23. The normalized spacial score (nSPS) is 39.3. The van der Waals surface area contributed by atoms with Gasteiger partial charge in [-0.2, -0.15) is 13.2 Å². The Morgan fingerprint density at radius 1 is 1.10 bits per heavy atom. The molecule has 0 aromatic heterocycles. The third-order valence-electron chi connectivity index (χ3n) is 9.83. The number of hydrogen-bond acceptors (Lipinski definition) is 6. The summed E-state index contributed by atoms with van der Waals surface area (Å²) in [5, 5.41) is 3.15. The standard InChI is InChI=1S/C30H42F3N3O5/c1-19-10-11-24-20(2)25(38-26-29(24)23(19)12-13-28(3,39-26)40-41-29)37-17-14-34-27(36-15-5-4-6-16-36)35-22-9-7-8-21(18-22)30(31,32)33/h7-9,18-20,23-26H,4-6,10-17H2,1-3H3,(H,34,35)/t19-,20-,23+,24+,25+,26-,28+,29?/m1/s1. The van der Waals surface area contributed by atoms with Crippen molar-refractivity contribution in [3.05, 3.63) is 29.8 Å². The van der Waals surface area contributed by atoms with E-state index in [0.29, 0.717) is 30.7 Å². The van der Waals surface area contributed by atoms with Crippen LogP contribution in [0.4, 0.5) is 18.9 Å². The van der Waals surface area contributed by atoms with Gasteiger partial charge in [-0.05, 0) is 75.5 Å². The Morgan fingerprint density at radius 2 is 1.90 bits per heavy atom. The van der Waals surface area contributed by atoms with Crippen molar-refractivity contribution in [3.8, 4) is 0 Å². The zero-order chi connectivity index (χ0) is 28.8. The van der Waals surface area contributed by atoms with Crippen molar-refractivity contribution in [1.82, 2.24) is 4.90 Å². The molecule has 11 heteroatoms. The molecule has 6 fully saturated rings. The van der Waals surface area contributed by atoms with Crippen molar-refractivity contribution in [2.24, 2.45) is 28.7 Å². The van der Waals surface area contributed by atoms with E-state index in [2.05, 4.69) is 24.1 Å². The number of rotatable bonds is 5. The Kier molecular flexibility index (Phi) is 8.04. The number of piperidine rings is 1. The van der Waals surface area contributed by atoms with E-state index in [1.807, 2.05) is 6.92 Å².